The van der Waals surface area contributed by atoms with Crippen molar-refractivity contribution in [3.05, 3.63) is 34.9 Å². The van der Waals surface area contributed by atoms with Crippen molar-refractivity contribution in [2.45, 2.75) is 51.9 Å². The molecule has 1 unspecified atom stereocenters. The zero-order valence-corrected chi connectivity index (χ0v) is 12.1. The van der Waals surface area contributed by atoms with Crippen LogP contribution in [-0.4, -0.2) is 13.6 Å². The molecule has 1 aromatic carbocycles. The van der Waals surface area contributed by atoms with E-state index in [9.17, 15) is 0 Å². The van der Waals surface area contributed by atoms with Crippen LogP contribution < -0.4 is 5.32 Å². The van der Waals surface area contributed by atoms with Gasteiger partial charge < -0.3 is 5.32 Å². The van der Waals surface area contributed by atoms with Gasteiger partial charge in [0.05, 0.1) is 0 Å². The summed E-state index contributed by atoms with van der Waals surface area (Å²) >= 11 is 0. The van der Waals surface area contributed by atoms with Crippen molar-refractivity contribution >= 4 is 0 Å². The van der Waals surface area contributed by atoms with Gasteiger partial charge in [0.1, 0.15) is 0 Å². The molecule has 0 heterocycles. The summed E-state index contributed by atoms with van der Waals surface area (Å²) in [4.78, 5) is 0. The first-order chi connectivity index (χ1) is 8.72. The van der Waals surface area contributed by atoms with Crippen LogP contribution in [0.4, 0.5) is 0 Å². The molecule has 1 aliphatic carbocycles. The third kappa shape index (κ3) is 3.14. The molecule has 0 aromatic heterocycles. The summed E-state index contributed by atoms with van der Waals surface area (Å²) in [6, 6.07) is 6.96. The van der Waals surface area contributed by atoms with Crippen molar-refractivity contribution in [2.24, 2.45) is 5.92 Å². The van der Waals surface area contributed by atoms with Crippen LogP contribution in [0.3, 0.4) is 0 Å². The Bertz CT molecular complexity index is 377. The number of nitrogens with one attached hydrogen (secondary N) is 1. The largest absolute Gasteiger partial charge is 0.320 e. The van der Waals surface area contributed by atoms with Crippen molar-refractivity contribution in [3.8, 4) is 0 Å². The zero-order chi connectivity index (χ0) is 13.0. The van der Waals surface area contributed by atoms with Gasteiger partial charge in [-0.3, -0.25) is 0 Å². The lowest BCUT2D eigenvalue weighted by Crippen LogP contribution is -2.18. The Balaban J connectivity index is 2.23. The van der Waals surface area contributed by atoms with Crippen molar-refractivity contribution in [2.75, 3.05) is 13.6 Å². The molecule has 100 valence electrons. The van der Waals surface area contributed by atoms with Gasteiger partial charge in [-0.15, -0.1) is 0 Å². The highest BCUT2D eigenvalue weighted by atomic mass is 14.8. The van der Waals surface area contributed by atoms with E-state index in [1.54, 1.807) is 5.56 Å². The Morgan fingerprint density at radius 1 is 1.22 bits per heavy atom. The van der Waals surface area contributed by atoms with E-state index in [1.165, 1.54) is 43.2 Å². The minimum atomic E-state index is 0.764. The minimum absolute atomic E-state index is 0.764. The third-order valence-electron chi connectivity index (χ3n) is 4.51. The van der Waals surface area contributed by atoms with E-state index in [1.807, 2.05) is 0 Å². The minimum Gasteiger partial charge on any atom is -0.320 e. The second-order valence-corrected chi connectivity index (χ2v) is 5.90. The third-order valence-corrected chi connectivity index (χ3v) is 4.51. The predicted octanol–water partition coefficient (Wildman–Crippen LogP) is 4.19. The molecule has 1 saturated carbocycles. The fraction of sp³-hybridized carbons (Fsp3) is 0.647. The van der Waals surface area contributed by atoms with Crippen LogP contribution >= 0.6 is 0 Å². The molecule has 18 heavy (non-hydrogen) atoms. The molecule has 1 heteroatoms. The average molecular weight is 245 g/mol. The summed E-state index contributed by atoms with van der Waals surface area (Å²) in [6.45, 7) is 5.62. The quantitative estimate of drug-likeness (QED) is 0.820. The molecule has 1 fully saturated rings. The van der Waals surface area contributed by atoms with E-state index in [2.05, 4.69) is 44.4 Å². The first-order valence-electron chi connectivity index (χ1n) is 7.44. The van der Waals surface area contributed by atoms with Gasteiger partial charge >= 0.3 is 0 Å². The number of rotatable bonds is 5. The van der Waals surface area contributed by atoms with E-state index >= 15 is 0 Å². The number of hydrogen-bond acceptors (Lipinski definition) is 1. The predicted molar refractivity (Wildman–Crippen MR) is 79.2 cm³/mol. The van der Waals surface area contributed by atoms with Gasteiger partial charge in [-0.25, -0.2) is 0 Å². The lowest BCUT2D eigenvalue weighted by Gasteiger charge is -2.26. The molecule has 0 radical (unpaired) electrons. The lowest BCUT2D eigenvalue weighted by atomic mass is 9.80. The first kappa shape index (κ1) is 13.6. The van der Waals surface area contributed by atoms with Gasteiger partial charge in [-0.05, 0) is 69.7 Å². The standard InChI is InChI=1S/C17H27N/c1-13-8-9-14(2)17(12-13)16(10-11-18-3)15-6-4-5-7-15/h8-9,12,15-16,18H,4-7,10-11H2,1-3H3. The van der Waals surface area contributed by atoms with Gasteiger partial charge in [0.15, 0.2) is 0 Å². The molecule has 1 N–H and O–H groups in total. The van der Waals surface area contributed by atoms with Crippen molar-refractivity contribution < 1.29 is 0 Å². The maximum Gasteiger partial charge on any atom is -0.00460 e. The Morgan fingerprint density at radius 2 is 1.94 bits per heavy atom. The van der Waals surface area contributed by atoms with Gasteiger partial charge in [-0.2, -0.15) is 0 Å². The van der Waals surface area contributed by atoms with Crippen molar-refractivity contribution in [3.63, 3.8) is 0 Å². The van der Waals surface area contributed by atoms with Gasteiger partial charge in [0, 0.05) is 0 Å². The molecule has 1 nitrogen and oxygen atoms in total. The molecule has 0 amide bonds. The maximum atomic E-state index is 3.33. The van der Waals surface area contributed by atoms with Crippen LogP contribution in [0.1, 0.15) is 54.7 Å². The summed E-state index contributed by atoms with van der Waals surface area (Å²) in [6.07, 6.45) is 7.02. The Hall–Kier alpha value is -0.820. The molecule has 1 aromatic rings. The smallest absolute Gasteiger partial charge is 0.00460 e. The van der Waals surface area contributed by atoms with Crippen molar-refractivity contribution in [1.29, 1.82) is 0 Å². The first-order valence-corrected chi connectivity index (χ1v) is 7.44. The monoisotopic (exact) mass is 245 g/mol. The molecule has 1 aliphatic rings. The molecule has 1 atom stereocenters. The van der Waals surface area contributed by atoms with E-state index in [4.69, 9.17) is 0 Å². The highest BCUT2D eigenvalue weighted by Gasteiger charge is 2.26. The van der Waals surface area contributed by atoms with Crippen LogP contribution in [0.5, 0.6) is 0 Å². The van der Waals surface area contributed by atoms with Crippen LogP contribution in [0.25, 0.3) is 0 Å². The summed E-state index contributed by atoms with van der Waals surface area (Å²) in [5.74, 6) is 1.68. The van der Waals surface area contributed by atoms with E-state index in [0.29, 0.717) is 0 Å². The van der Waals surface area contributed by atoms with E-state index in [-0.39, 0.29) is 0 Å². The molecular formula is C17H27N. The zero-order valence-electron chi connectivity index (χ0n) is 12.1. The number of hydrogen-bond donors (Lipinski definition) is 1. The van der Waals surface area contributed by atoms with Gasteiger partial charge in [0.25, 0.3) is 0 Å². The number of aryl methyl sites for hydroxylation is 2. The van der Waals surface area contributed by atoms with Crippen LogP contribution in [0.15, 0.2) is 18.2 Å². The Labute approximate surface area is 112 Å². The second-order valence-electron chi connectivity index (χ2n) is 5.90. The van der Waals surface area contributed by atoms with Gasteiger partial charge in [0.2, 0.25) is 0 Å². The van der Waals surface area contributed by atoms with Crippen LogP contribution in [0, 0.1) is 19.8 Å². The topological polar surface area (TPSA) is 12.0 Å². The van der Waals surface area contributed by atoms with E-state index < -0.39 is 0 Å². The molecule has 0 bridgehead atoms. The highest BCUT2D eigenvalue weighted by Crippen LogP contribution is 2.40. The summed E-state index contributed by atoms with van der Waals surface area (Å²) in [7, 11) is 2.06. The van der Waals surface area contributed by atoms with Crippen LogP contribution in [-0.2, 0) is 0 Å². The lowest BCUT2D eigenvalue weighted by molar-refractivity contribution is 0.406. The maximum absolute atomic E-state index is 3.33. The molecular weight excluding hydrogens is 218 g/mol. The van der Waals surface area contributed by atoms with Crippen molar-refractivity contribution in [1.82, 2.24) is 5.32 Å². The Morgan fingerprint density at radius 3 is 2.61 bits per heavy atom. The molecule has 0 aliphatic heterocycles. The molecule has 0 spiro atoms. The average Bonchev–Trinajstić information content (AvgIpc) is 2.88. The SMILES string of the molecule is CNCCC(c1cc(C)ccc1C)C1CCCC1. The fourth-order valence-electron chi connectivity index (χ4n) is 3.46. The van der Waals surface area contributed by atoms with Crippen LogP contribution in [0.2, 0.25) is 0 Å². The second kappa shape index (κ2) is 6.38. The summed E-state index contributed by atoms with van der Waals surface area (Å²) < 4.78 is 0. The number of benzene rings is 1. The van der Waals surface area contributed by atoms with Gasteiger partial charge in [-0.1, -0.05) is 36.6 Å². The normalized spacial score (nSPS) is 18.2. The summed E-state index contributed by atoms with van der Waals surface area (Å²) in [5, 5.41) is 3.33. The molecule has 2 rings (SSSR count). The highest BCUT2D eigenvalue weighted by molar-refractivity contribution is 5.34. The fourth-order valence-corrected chi connectivity index (χ4v) is 3.46. The Kier molecular flexibility index (Phi) is 4.82. The summed E-state index contributed by atoms with van der Waals surface area (Å²) in [5.41, 5.74) is 4.49. The van der Waals surface area contributed by atoms with E-state index in [0.717, 1.165) is 18.4 Å². The molecule has 0 saturated heterocycles.